The average Bonchev–Trinajstić information content (AvgIpc) is 3.49. The Labute approximate surface area is 229 Å². The van der Waals surface area contributed by atoms with Crippen LogP contribution in [0.1, 0.15) is 58.3 Å². The molecule has 0 spiro atoms. The highest BCUT2D eigenvalue weighted by Crippen LogP contribution is 2.29. The molecule has 1 N–H and O–H groups in total. The van der Waals surface area contributed by atoms with Crippen LogP contribution >= 0.6 is 0 Å². The van der Waals surface area contributed by atoms with Crippen molar-refractivity contribution in [1.82, 2.24) is 29.0 Å². The third kappa shape index (κ3) is 5.38. The van der Waals surface area contributed by atoms with Gasteiger partial charge in [-0.05, 0) is 50.6 Å². The number of carboxylic acid groups (broad SMARTS) is 1. The number of carboxylic acids is 1. The Bertz CT molecular complexity index is 1580. The molecule has 11 nitrogen and oxygen atoms in total. The van der Waals surface area contributed by atoms with Gasteiger partial charge in [0.2, 0.25) is 11.7 Å². The molecule has 6 rings (SSSR count). The second kappa shape index (κ2) is 11.0. The van der Waals surface area contributed by atoms with E-state index < -0.39 is 11.8 Å². The number of aromatic carboxylic acids is 1. The number of likely N-dealkylation sites (tertiary alicyclic amines) is 1. The molecule has 2 saturated heterocycles. The van der Waals surface area contributed by atoms with E-state index in [-0.39, 0.29) is 30.0 Å². The van der Waals surface area contributed by atoms with Crippen LogP contribution in [0, 0.1) is 17.1 Å². The van der Waals surface area contributed by atoms with Gasteiger partial charge < -0.3 is 19.1 Å². The Morgan fingerprint density at radius 2 is 2.02 bits per heavy atom. The van der Waals surface area contributed by atoms with Crippen molar-refractivity contribution < 1.29 is 23.8 Å². The maximum atomic E-state index is 14.2. The SMILES string of the molecule is N#Cc1ccc(COc2cccc(C3CCN(Cc4cn5nc(C(=O)O)nc5n4CC4CCO4)CC3)n2)c(F)c1. The van der Waals surface area contributed by atoms with E-state index in [0.717, 1.165) is 50.3 Å². The topological polar surface area (TPSA) is 131 Å². The number of hydrogen-bond donors (Lipinski definition) is 1. The van der Waals surface area contributed by atoms with E-state index in [4.69, 9.17) is 14.7 Å². The van der Waals surface area contributed by atoms with Crippen molar-refractivity contribution in [2.45, 2.75) is 51.0 Å². The Kier molecular flexibility index (Phi) is 7.15. The number of halogens is 1. The van der Waals surface area contributed by atoms with Gasteiger partial charge in [-0.15, -0.1) is 5.10 Å². The van der Waals surface area contributed by atoms with Crippen LogP contribution in [0.25, 0.3) is 5.78 Å². The lowest BCUT2D eigenvalue weighted by molar-refractivity contribution is -0.0592. The summed E-state index contributed by atoms with van der Waals surface area (Å²) in [4.78, 5) is 22.7. The number of ether oxygens (including phenoxy) is 2. The second-order valence-electron chi connectivity index (χ2n) is 10.2. The summed E-state index contributed by atoms with van der Waals surface area (Å²) in [5.74, 6) is -0.607. The molecule has 40 heavy (non-hydrogen) atoms. The lowest BCUT2D eigenvalue weighted by Crippen LogP contribution is -2.35. The smallest absolute Gasteiger partial charge is 0.375 e. The molecule has 1 aromatic carbocycles. The lowest BCUT2D eigenvalue weighted by Gasteiger charge is -2.32. The van der Waals surface area contributed by atoms with E-state index >= 15 is 0 Å². The Morgan fingerprint density at radius 1 is 1.20 bits per heavy atom. The molecule has 4 aromatic rings. The summed E-state index contributed by atoms with van der Waals surface area (Å²) in [7, 11) is 0. The van der Waals surface area contributed by atoms with Gasteiger partial charge in [0.1, 0.15) is 12.4 Å². The quantitative estimate of drug-likeness (QED) is 0.336. The number of rotatable bonds is 9. The fraction of sp³-hybridized carbons (Fsp3) is 0.393. The van der Waals surface area contributed by atoms with Crippen LogP contribution in [0.4, 0.5) is 4.39 Å². The van der Waals surface area contributed by atoms with Crippen LogP contribution in [0.3, 0.4) is 0 Å². The number of nitrogens with zero attached hydrogens (tertiary/aromatic N) is 7. The van der Waals surface area contributed by atoms with Crippen LogP contribution in [0.2, 0.25) is 0 Å². The fourth-order valence-electron chi connectivity index (χ4n) is 5.21. The molecule has 3 aromatic heterocycles. The third-order valence-electron chi connectivity index (χ3n) is 7.54. The molecule has 2 fully saturated rings. The van der Waals surface area contributed by atoms with Gasteiger partial charge in [-0.25, -0.2) is 18.7 Å². The highest BCUT2D eigenvalue weighted by molar-refractivity contribution is 5.83. The zero-order valence-electron chi connectivity index (χ0n) is 21.7. The highest BCUT2D eigenvalue weighted by atomic mass is 19.1. The van der Waals surface area contributed by atoms with Crippen LogP contribution in [-0.4, -0.2) is 65.9 Å². The maximum Gasteiger partial charge on any atom is 0.375 e. The second-order valence-corrected chi connectivity index (χ2v) is 10.2. The number of benzene rings is 1. The summed E-state index contributed by atoms with van der Waals surface area (Å²) in [6.07, 6.45) is 4.77. The van der Waals surface area contributed by atoms with Gasteiger partial charge in [0, 0.05) is 36.4 Å². The van der Waals surface area contributed by atoms with Crippen molar-refractivity contribution in [3.05, 3.63) is 76.8 Å². The molecule has 0 aliphatic carbocycles. The molecule has 0 bridgehead atoms. The van der Waals surface area contributed by atoms with E-state index in [1.54, 1.807) is 22.7 Å². The predicted molar refractivity (Wildman–Crippen MR) is 139 cm³/mol. The van der Waals surface area contributed by atoms with Gasteiger partial charge in [0.05, 0.1) is 36.2 Å². The molecule has 1 atom stereocenters. The first-order valence-corrected chi connectivity index (χ1v) is 13.3. The highest BCUT2D eigenvalue weighted by Gasteiger charge is 2.27. The number of nitriles is 1. The maximum absolute atomic E-state index is 14.2. The minimum atomic E-state index is -1.15. The van der Waals surface area contributed by atoms with Crippen LogP contribution in [0.15, 0.2) is 42.6 Å². The average molecular weight is 546 g/mol. The van der Waals surface area contributed by atoms with Crippen molar-refractivity contribution in [3.63, 3.8) is 0 Å². The molecule has 0 saturated carbocycles. The molecule has 0 amide bonds. The molecule has 0 radical (unpaired) electrons. The fourth-order valence-corrected chi connectivity index (χ4v) is 5.21. The molecular formula is C28H28FN7O4. The zero-order chi connectivity index (χ0) is 27.6. The Balaban J connectivity index is 1.08. The van der Waals surface area contributed by atoms with E-state index in [1.807, 2.05) is 29.0 Å². The largest absolute Gasteiger partial charge is 0.475 e. The van der Waals surface area contributed by atoms with Gasteiger partial charge in [-0.3, -0.25) is 4.90 Å². The van der Waals surface area contributed by atoms with Crippen LogP contribution < -0.4 is 4.74 Å². The van der Waals surface area contributed by atoms with Crippen molar-refractivity contribution in [3.8, 4) is 11.9 Å². The third-order valence-corrected chi connectivity index (χ3v) is 7.54. The monoisotopic (exact) mass is 545 g/mol. The van der Waals surface area contributed by atoms with Crippen molar-refractivity contribution in [2.75, 3.05) is 19.7 Å². The van der Waals surface area contributed by atoms with E-state index in [0.29, 0.717) is 30.3 Å². The number of fused-ring (bicyclic) bond motifs is 1. The van der Waals surface area contributed by atoms with Gasteiger partial charge in [-0.1, -0.05) is 12.1 Å². The van der Waals surface area contributed by atoms with Crippen molar-refractivity contribution in [2.24, 2.45) is 0 Å². The molecule has 12 heteroatoms. The number of imidazole rings is 1. The summed E-state index contributed by atoms with van der Waals surface area (Å²) in [5.41, 5.74) is 2.61. The Morgan fingerprint density at radius 3 is 2.73 bits per heavy atom. The molecular weight excluding hydrogens is 517 g/mol. The number of hydrogen-bond acceptors (Lipinski definition) is 8. The van der Waals surface area contributed by atoms with Gasteiger partial charge in [-0.2, -0.15) is 10.2 Å². The van der Waals surface area contributed by atoms with E-state index in [9.17, 15) is 14.3 Å². The zero-order valence-corrected chi connectivity index (χ0v) is 21.7. The summed E-state index contributed by atoms with van der Waals surface area (Å²) < 4.78 is 29.2. The minimum Gasteiger partial charge on any atom is -0.475 e. The minimum absolute atomic E-state index is 0.0320. The predicted octanol–water partition coefficient (Wildman–Crippen LogP) is 3.38. The lowest BCUT2D eigenvalue weighted by atomic mass is 9.93. The molecule has 206 valence electrons. The summed E-state index contributed by atoms with van der Waals surface area (Å²) in [6.45, 7) is 3.82. The first kappa shape index (κ1) is 25.9. The number of aromatic nitrogens is 5. The summed E-state index contributed by atoms with van der Waals surface area (Å²) in [5, 5.41) is 22.3. The molecule has 2 aliphatic heterocycles. The van der Waals surface area contributed by atoms with Gasteiger partial charge in [0.25, 0.3) is 5.82 Å². The van der Waals surface area contributed by atoms with Crippen molar-refractivity contribution in [1.29, 1.82) is 5.26 Å². The van der Waals surface area contributed by atoms with Gasteiger partial charge >= 0.3 is 5.97 Å². The summed E-state index contributed by atoms with van der Waals surface area (Å²) in [6, 6.07) is 11.9. The molecule has 5 heterocycles. The number of pyridine rings is 1. The first-order valence-electron chi connectivity index (χ1n) is 13.3. The standard InChI is InChI=1S/C28H28FN7O4/c29-23-12-18(13-30)4-5-20(23)17-40-25-3-1-2-24(31-25)19-6-9-34(10-7-19)14-21-15-36-28(32-26(33-36)27(37)38)35(21)16-22-8-11-39-22/h1-5,12,15,19,22H,6-11,14,16-17H2,(H,37,38). The van der Waals surface area contributed by atoms with Crippen LogP contribution in [-0.2, 0) is 24.4 Å². The van der Waals surface area contributed by atoms with E-state index in [1.165, 1.54) is 6.07 Å². The van der Waals surface area contributed by atoms with Crippen LogP contribution in [0.5, 0.6) is 5.88 Å². The molecule has 1 unspecified atom stereocenters. The molecule has 2 aliphatic rings. The number of carbonyl (C=O) groups is 1. The van der Waals surface area contributed by atoms with Gasteiger partial charge in [0.15, 0.2) is 0 Å². The number of piperidine rings is 1. The van der Waals surface area contributed by atoms with E-state index in [2.05, 4.69) is 20.0 Å². The summed E-state index contributed by atoms with van der Waals surface area (Å²) >= 11 is 0. The Hall–Kier alpha value is -4.34. The van der Waals surface area contributed by atoms with Crippen molar-refractivity contribution >= 4 is 11.7 Å². The normalized spacial score (nSPS) is 17.9. The first-order chi connectivity index (χ1) is 19.5.